The van der Waals surface area contributed by atoms with Gasteiger partial charge in [0.1, 0.15) is 24.2 Å². The maximum atomic E-state index is 10.6. The molecule has 6 nitrogen and oxygen atoms in total. The van der Waals surface area contributed by atoms with Crippen LogP contribution in [-0.2, 0) is 0 Å². The van der Waals surface area contributed by atoms with Gasteiger partial charge in [0.2, 0.25) is 0 Å². The summed E-state index contributed by atoms with van der Waals surface area (Å²) in [7, 11) is 1.54. The second-order valence-corrected chi connectivity index (χ2v) is 4.88. The predicted molar refractivity (Wildman–Crippen MR) is 81.6 cm³/mol. The van der Waals surface area contributed by atoms with Crippen LogP contribution >= 0.6 is 11.6 Å². The Hall–Kier alpha value is -2.31. The largest absolute Gasteiger partial charge is 0.497 e. The Morgan fingerprint density at radius 2 is 2.09 bits per heavy atom. The fourth-order valence-electron chi connectivity index (χ4n) is 1.83. The zero-order valence-corrected chi connectivity index (χ0v) is 12.5. The van der Waals surface area contributed by atoms with Gasteiger partial charge in [-0.1, -0.05) is 23.7 Å². The summed E-state index contributed by atoms with van der Waals surface area (Å²) in [6, 6.07) is 10.9. The van der Waals surface area contributed by atoms with Crippen LogP contribution in [0.25, 0.3) is 0 Å². The second kappa shape index (κ2) is 7.11. The van der Waals surface area contributed by atoms with Crippen LogP contribution in [0.1, 0.15) is 11.7 Å². The molecule has 0 spiro atoms. The maximum Gasteiger partial charge on any atom is 0.271 e. The molecule has 7 heteroatoms. The number of aliphatic hydroxyl groups excluding tert-OH is 1. The van der Waals surface area contributed by atoms with Crippen LogP contribution in [0, 0.1) is 10.1 Å². The number of halogens is 1. The summed E-state index contributed by atoms with van der Waals surface area (Å²) < 4.78 is 10.5. The van der Waals surface area contributed by atoms with Gasteiger partial charge < -0.3 is 14.6 Å². The van der Waals surface area contributed by atoms with Gasteiger partial charge in [0.25, 0.3) is 5.69 Å². The van der Waals surface area contributed by atoms with Crippen molar-refractivity contribution in [3.8, 4) is 11.5 Å². The average molecular weight is 324 g/mol. The number of ether oxygens (including phenoxy) is 2. The molecule has 0 heterocycles. The number of rotatable bonds is 6. The quantitative estimate of drug-likeness (QED) is 0.651. The summed E-state index contributed by atoms with van der Waals surface area (Å²) in [5.41, 5.74) is 0.517. The molecule has 2 aromatic carbocycles. The van der Waals surface area contributed by atoms with E-state index in [2.05, 4.69) is 0 Å². The van der Waals surface area contributed by atoms with Crippen molar-refractivity contribution in [3.63, 3.8) is 0 Å². The molecule has 0 saturated carbocycles. The van der Waals surface area contributed by atoms with Crippen molar-refractivity contribution in [1.82, 2.24) is 0 Å². The highest BCUT2D eigenvalue weighted by Crippen LogP contribution is 2.29. The Kier molecular flexibility index (Phi) is 5.19. The predicted octanol–water partition coefficient (Wildman–Crippen LogP) is 3.37. The molecule has 0 radical (unpaired) electrons. The molecule has 1 N–H and O–H groups in total. The molecule has 116 valence electrons. The third-order valence-corrected chi connectivity index (χ3v) is 3.30. The van der Waals surface area contributed by atoms with Gasteiger partial charge in [0.05, 0.1) is 17.1 Å². The van der Waals surface area contributed by atoms with E-state index >= 15 is 0 Å². The van der Waals surface area contributed by atoms with E-state index in [1.807, 2.05) is 0 Å². The SMILES string of the molecule is COc1cccc(C(O)COc2ccc([N+](=O)[O-])cc2Cl)c1. The number of non-ortho nitro benzene ring substituents is 1. The van der Waals surface area contributed by atoms with Gasteiger partial charge in [-0.2, -0.15) is 0 Å². The number of nitrogens with zero attached hydrogens (tertiary/aromatic N) is 1. The molecular formula is C15H14ClNO5. The fourth-order valence-corrected chi connectivity index (χ4v) is 2.06. The molecule has 0 aliphatic rings. The van der Waals surface area contributed by atoms with Crippen molar-refractivity contribution in [2.45, 2.75) is 6.10 Å². The lowest BCUT2D eigenvalue weighted by atomic mass is 10.1. The van der Waals surface area contributed by atoms with Crippen LogP contribution in [0.2, 0.25) is 5.02 Å². The first-order chi connectivity index (χ1) is 10.5. The Balaban J connectivity index is 2.04. The van der Waals surface area contributed by atoms with Crippen LogP contribution in [0.15, 0.2) is 42.5 Å². The van der Waals surface area contributed by atoms with Crippen molar-refractivity contribution in [2.24, 2.45) is 0 Å². The van der Waals surface area contributed by atoms with Crippen LogP contribution in [0.4, 0.5) is 5.69 Å². The zero-order chi connectivity index (χ0) is 16.1. The summed E-state index contributed by atoms with van der Waals surface area (Å²) in [6.07, 6.45) is -0.874. The number of nitro benzene ring substituents is 1. The molecule has 0 aromatic heterocycles. The highest BCUT2D eigenvalue weighted by Gasteiger charge is 2.13. The Labute approximate surface area is 132 Å². The first-order valence-electron chi connectivity index (χ1n) is 6.40. The van der Waals surface area contributed by atoms with Crippen LogP contribution in [0.5, 0.6) is 11.5 Å². The van der Waals surface area contributed by atoms with E-state index in [1.54, 1.807) is 31.4 Å². The van der Waals surface area contributed by atoms with E-state index < -0.39 is 11.0 Å². The van der Waals surface area contributed by atoms with E-state index in [1.165, 1.54) is 18.2 Å². The Morgan fingerprint density at radius 3 is 2.73 bits per heavy atom. The van der Waals surface area contributed by atoms with Crippen molar-refractivity contribution in [1.29, 1.82) is 0 Å². The normalized spacial score (nSPS) is 11.8. The van der Waals surface area contributed by atoms with Gasteiger partial charge in [0.15, 0.2) is 0 Å². The summed E-state index contributed by atoms with van der Waals surface area (Å²) in [4.78, 5) is 10.1. The molecular weight excluding hydrogens is 310 g/mol. The first kappa shape index (κ1) is 16.1. The monoisotopic (exact) mass is 323 g/mol. The Morgan fingerprint density at radius 1 is 1.32 bits per heavy atom. The van der Waals surface area contributed by atoms with Crippen molar-refractivity contribution in [3.05, 3.63) is 63.2 Å². The van der Waals surface area contributed by atoms with Crippen molar-refractivity contribution in [2.75, 3.05) is 13.7 Å². The second-order valence-electron chi connectivity index (χ2n) is 4.48. The molecule has 2 rings (SSSR count). The Bertz CT molecular complexity index is 677. The average Bonchev–Trinajstić information content (AvgIpc) is 2.53. The van der Waals surface area contributed by atoms with E-state index in [0.717, 1.165) is 0 Å². The van der Waals surface area contributed by atoms with E-state index in [9.17, 15) is 15.2 Å². The number of aliphatic hydroxyl groups is 1. The van der Waals surface area contributed by atoms with Gasteiger partial charge >= 0.3 is 0 Å². The molecule has 0 aliphatic carbocycles. The molecule has 0 amide bonds. The molecule has 0 aliphatic heterocycles. The molecule has 0 bridgehead atoms. The molecule has 1 atom stereocenters. The fraction of sp³-hybridized carbons (Fsp3) is 0.200. The maximum absolute atomic E-state index is 10.6. The molecule has 22 heavy (non-hydrogen) atoms. The van der Waals surface area contributed by atoms with Crippen molar-refractivity contribution < 1.29 is 19.5 Å². The number of hydrogen-bond acceptors (Lipinski definition) is 5. The van der Waals surface area contributed by atoms with Gasteiger partial charge in [-0.15, -0.1) is 0 Å². The van der Waals surface area contributed by atoms with Gasteiger partial charge in [-0.05, 0) is 23.8 Å². The summed E-state index contributed by atoms with van der Waals surface area (Å²) in [6.45, 7) is -0.0370. The number of nitro groups is 1. The minimum absolute atomic E-state index is 0.0370. The first-order valence-corrected chi connectivity index (χ1v) is 6.78. The molecule has 1 unspecified atom stereocenters. The standard InChI is InChI=1S/C15H14ClNO5/c1-21-12-4-2-3-10(7-12)14(18)9-22-15-6-5-11(17(19)20)8-13(15)16/h2-8,14,18H,9H2,1H3. The lowest BCUT2D eigenvalue weighted by Gasteiger charge is -2.14. The van der Waals surface area contributed by atoms with Gasteiger partial charge in [-0.3, -0.25) is 10.1 Å². The topological polar surface area (TPSA) is 81.8 Å². The minimum atomic E-state index is -0.874. The molecule has 2 aromatic rings. The van der Waals surface area contributed by atoms with E-state index in [4.69, 9.17) is 21.1 Å². The summed E-state index contributed by atoms with van der Waals surface area (Å²) >= 11 is 5.92. The third-order valence-electron chi connectivity index (χ3n) is 3.00. The van der Waals surface area contributed by atoms with Crippen LogP contribution in [-0.4, -0.2) is 23.7 Å². The third kappa shape index (κ3) is 3.87. The molecule has 0 saturated heterocycles. The lowest BCUT2D eigenvalue weighted by Crippen LogP contribution is -2.10. The number of methoxy groups -OCH3 is 1. The number of benzene rings is 2. The lowest BCUT2D eigenvalue weighted by molar-refractivity contribution is -0.384. The highest BCUT2D eigenvalue weighted by atomic mass is 35.5. The smallest absolute Gasteiger partial charge is 0.271 e. The highest BCUT2D eigenvalue weighted by molar-refractivity contribution is 6.32. The van der Waals surface area contributed by atoms with E-state index in [0.29, 0.717) is 11.3 Å². The zero-order valence-electron chi connectivity index (χ0n) is 11.7. The number of hydrogen-bond donors (Lipinski definition) is 1. The van der Waals surface area contributed by atoms with E-state index in [-0.39, 0.29) is 23.1 Å². The minimum Gasteiger partial charge on any atom is -0.497 e. The molecule has 0 fully saturated rings. The summed E-state index contributed by atoms with van der Waals surface area (Å²) in [5.74, 6) is 0.902. The van der Waals surface area contributed by atoms with Gasteiger partial charge in [-0.25, -0.2) is 0 Å². The van der Waals surface area contributed by atoms with Crippen LogP contribution < -0.4 is 9.47 Å². The van der Waals surface area contributed by atoms with Gasteiger partial charge in [0, 0.05) is 12.1 Å². The van der Waals surface area contributed by atoms with Crippen molar-refractivity contribution >= 4 is 17.3 Å². The van der Waals surface area contributed by atoms with Crippen LogP contribution in [0.3, 0.4) is 0 Å². The summed E-state index contributed by atoms with van der Waals surface area (Å²) in [5, 5.41) is 20.9.